The monoisotopic (exact) mass is 614 g/mol. The van der Waals surface area contributed by atoms with Gasteiger partial charge in [0.15, 0.2) is 0 Å². The van der Waals surface area contributed by atoms with Crippen LogP contribution in [0.25, 0.3) is 0 Å². The van der Waals surface area contributed by atoms with Crippen molar-refractivity contribution in [2.24, 2.45) is 63.7 Å². The molecule has 0 aromatic heterocycles. The molecule has 4 aliphatic rings. The third-order valence-electron chi connectivity index (χ3n) is 13.6. The predicted octanol–water partition coefficient (Wildman–Crippen LogP) is 9.34. The van der Waals surface area contributed by atoms with E-state index in [9.17, 15) is 4.79 Å². The smallest absolute Gasteiger partial charge is 0.410 e. The minimum absolute atomic E-state index is 0.0311. The molecule has 0 aromatic rings. The third-order valence-corrected chi connectivity index (χ3v) is 13.6. The van der Waals surface area contributed by atoms with Gasteiger partial charge in [-0.05, 0) is 138 Å². The molecule has 44 heavy (non-hydrogen) atoms. The summed E-state index contributed by atoms with van der Waals surface area (Å²) in [5, 5.41) is 0. The van der Waals surface area contributed by atoms with E-state index in [-0.39, 0.29) is 28.7 Å². The van der Waals surface area contributed by atoms with Crippen molar-refractivity contribution in [1.29, 1.82) is 0 Å². The molecule has 254 valence electrons. The lowest BCUT2D eigenvalue weighted by atomic mass is 9.47. The van der Waals surface area contributed by atoms with Gasteiger partial charge in [-0.25, -0.2) is 4.79 Å². The van der Waals surface area contributed by atoms with Crippen LogP contribution >= 0.6 is 0 Å². The van der Waals surface area contributed by atoms with E-state index in [1.54, 1.807) is 5.57 Å². The maximum atomic E-state index is 13.5. The second kappa shape index (κ2) is 13.6. The van der Waals surface area contributed by atoms with Crippen molar-refractivity contribution in [2.45, 2.75) is 163 Å². The van der Waals surface area contributed by atoms with Crippen LogP contribution in [0.1, 0.15) is 146 Å². The van der Waals surface area contributed by atoms with Crippen molar-refractivity contribution >= 4 is 6.09 Å². The maximum absolute atomic E-state index is 13.5. The summed E-state index contributed by atoms with van der Waals surface area (Å²) in [6, 6.07) is 0. The Morgan fingerprint density at radius 3 is 2.16 bits per heavy atom. The van der Waals surface area contributed by atoms with E-state index >= 15 is 0 Å². The van der Waals surface area contributed by atoms with Gasteiger partial charge in [-0.15, -0.1) is 0 Å². The van der Waals surface area contributed by atoms with E-state index in [0.29, 0.717) is 18.5 Å². The largest absolute Gasteiger partial charge is 0.446 e. The van der Waals surface area contributed by atoms with E-state index in [1.807, 2.05) is 32.6 Å². The van der Waals surface area contributed by atoms with Crippen LogP contribution < -0.4 is 11.5 Å². The molecule has 1 amide bonds. The van der Waals surface area contributed by atoms with Crippen molar-refractivity contribution < 1.29 is 9.53 Å². The summed E-state index contributed by atoms with van der Waals surface area (Å²) in [5.41, 5.74) is 14.2. The van der Waals surface area contributed by atoms with Crippen LogP contribution in [0.15, 0.2) is 11.6 Å². The van der Waals surface area contributed by atoms with E-state index in [2.05, 4.69) is 47.6 Å². The van der Waals surface area contributed by atoms with Gasteiger partial charge in [-0.3, -0.25) is 0 Å². The van der Waals surface area contributed by atoms with Gasteiger partial charge in [0.1, 0.15) is 6.10 Å². The minimum atomic E-state index is -0.327. The molecule has 0 radical (unpaired) electrons. The molecular weight excluding hydrogens is 542 g/mol. The SMILES string of the molecule is CC(C)[C@H](C)CC[C@@H](C)[C@H]1CC[C@H]2[C@@H]3CC=C4C[C@@H](OC(=O)N(CCC(C)(C)N)CCC(C)(C)N)CC[C@]4(C)[C@H]3CC[C@]12C. The molecule has 4 N–H and O–H groups in total. The van der Waals surface area contributed by atoms with Crippen molar-refractivity contribution in [3.05, 3.63) is 11.6 Å². The fourth-order valence-electron chi connectivity index (χ4n) is 10.1. The number of amides is 1. The van der Waals surface area contributed by atoms with Gasteiger partial charge in [0.05, 0.1) is 0 Å². The van der Waals surface area contributed by atoms with E-state index in [4.69, 9.17) is 16.2 Å². The molecule has 0 heterocycles. The third kappa shape index (κ3) is 8.07. The first-order chi connectivity index (χ1) is 20.3. The van der Waals surface area contributed by atoms with Crippen molar-refractivity contribution in [3.63, 3.8) is 0 Å². The number of hydrogen-bond donors (Lipinski definition) is 2. The zero-order valence-electron chi connectivity index (χ0n) is 30.5. The Balaban J connectivity index is 1.40. The number of hydrogen-bond acceptors (Lipinski definition) is 4. The van der Waals surface area contributed by atoms with Gasteiger partial charge in [-0.1, -0.05) is 66.0 Å². The lowest BCUT2D eigenvalue weighted by Crippen LogP contribution is -2.51. The molecule has 3 fully saturated rings. The summed E-state index contributed by atoms with van der Waals surface area (Å²) >= 11 is 0. The number of carbonyl (C=O) groups is 1. The highest BCUT2D eigenvalue weighted by Crippen LogP contribution is 2.67. The normalized spacial score (nSPS) is 35.3. The first kappa shape index (κ1) is 35.8. The van der Waals surface area contributed by atoms with Gasteiger partial charge in [0, 0.05) is 30.6 Å². The molecule has 5 heteroatoms. The zero-order chi connectivity index (χ0) is 32.7. The highest BCUT2D eigenvalue weighted by atomic mass is 16.6. The summed E-state index contributed by atoms with van der Waals surface area (Å²) in [4.78, 5) is 15.3. The number of nitrogens with two attached hydrogens (primary N) is 2. The molecule has 9 atom stereocenters. The lowest BCUT2D eigenvalue weighted by Gasteiger charge is -2.58. The number of ether oxygens (including phenoxy) is 1. The van der Waals surface area contributed by atoms with Crippen molar-refractivity contribution in [3.8, 4) is 0 Å². The Bertz CT molecular complexity index is 990. The highest BCUT2D eigenvalue weighted by Gasteiger charge is 2.59. The van der Waals surface area contributed by atoms with Crippen LogP contribution in [-0.4, -0.2) is 41.3 Å². The van der Waals surface area contributed by atoms with Gasteiger partial charge < -0.3 is 21.1 Å². The van der Waals surface area contributed by atoms with Gasteiger partial charge in [-0.2, -0.15) is 0 Å². The molecule has 0 aromatic carbocycles. The molecule has 4 rings (SSSR count). The molecular formula is C39H71N3O2. The van der Waals surface area contributed by atoms with Crippen LogP contribution in [0.3, 0.4) is 0 Å². The first-order valence-corrected chi connectivity index (χ1v) is 18.6. The lowest BCUT2D eigenvalue weighted by molar-refractivity contribution is -0.0596. The number of fused-ring (bicyclic) bond motifs is 5. The average molecular weight is 614 g/mol. The Morgan fingerprint density at radius 2 is 1.57 bits per heavy atom. The Labute approximate surface area is 272 Å². The molecule has 5 nitrogen and oxygen atoms in total. The van der Waals surface area contributed by atoms with Crippen LogP contribution in [0, 0.1) is 52.3 Å². The van der Waals surface area contributed by atoms with Crippen molar-refractivity contribution in [1.82, 2.24) is 4.90 Å². The molecule has 4 aliphatic carbocycles. The highest BCUT2D eigenvalue weighted by molar-refractivity contribution is 5.68. The number of allylic oxidation sites excluding steroid dienone is 1. The summed E-state index contributed by atoms with van der Waals surface area (Å²) in [5.74, 6) is 5.81. The van der Waals surface area contributed by atoms with Crippen molar-refractivity contribution in [2.75, 3.05) is 13.1 Å². The van der Waals surface area contributed by atoms with Gasteiger partial charge in [0.2, 0.25) is 0 Å². The van der Waals surface area contributed by atoms with Crippen LogP contribution in [0.4, 0.5) is 4.79 Å². The number of rotatable bonds is 12. The molecule has 0 aliphatic heterocycles. The van der Waals surface area contributed by atoms with E-state index in [1.165, 1.54) is 44.9 Å². The number of nitrogens with zero attached hydrogens (tertiary/aromatic N) is 1. The quantitative estimate of drug-likeness (QED) is 0.215. The fraction of sp³-hybridized carbons (Fsp3) is 0.923. The maximum Gasteiger partial charge on any atom is 0.410 e. The molecule has 0 saturated heterocycles. The van der Waals surface area contributed by atoms with E-state index < -0.39 is 0 Å². The standard InChI is InChI=1S/C39H71N3O2/c1-26(2)27(3)11-12-28(4)32-15-16-33-31-14-13-29-25-30(17-19-38(29,9)34(31)18-20-39(32,33)10)44-35(43)42(23-21-36(5,6)40)24-22-37(7,8)41/h13,26-28,30-34H,11-12,14-25,40-41H2,1-10H3/t27-,28-,30+,31+,32-,33+,34+,38+,39-/m1/s1. The zero-order valence-corrected chi connectivity index (χ0v) is 30.5. The summed E-state index contributed by atoms with van der Waals surface area (Å²) in [6.07, 6.45) is 16.5. The second-order valence-corrected chi connectivity index (χ2v) is 18.5. The minimum Gasteiger partial charge on any atom is -0.446 e. The Morgan fingerprint density at radius 1 is 0.932 bits per heavy atom. The van der Waals surface area contributed by atoms with Crippen LogP contribution in [0.5, 0.6) is 0 Å². The summed E-state index contributed by atoms with van der Waals surface area (Å²) < 4.78 is 6.26. The molecule has 0 bridgehead atoms. The second-order valence-electron chi connectivity index (χ2n) is 18.5. The Hall–Kier alpha value is -1.07. The molecule has 3 saturated carbocycles. The topological polar surface area (TPSA) is 81.6 Å². The van der Waals surface area contributed by atoms with Gasteiger partial charge in [0.25, 0.3) is 0 Å². The molecule has 0 unspecified atom stereocenters. The van der Waals surface area contributed by atoms with Crippen LogP contribution in [-0.2, 0) is 4.74 Å². The summed E-state index contributed by atoms with van der Waals surface area (Å²) in [7, 11) is 0. The van der Waals surface area contributed by atoms with Crippen LogP contribution in [0.2, 0.25) is 0 Å². The van der Waals surface area contributed by atoms with Gasteiger partial charge >= 0.3 is 6.09 Å². The number of carbonyl (C=O) groups excluding carboxylic acids is 1. The molecule has 0 spiro atoms. The average Bonchev–Trinajstić information content (AvgIpc) is 3.27. The van der Waals surface area contributed by atoms with E-state index in [0.717, 1.165) is 73.5 Å². The first-order valence-electron chi connectivity index (χ1n) is 18.6. The summed E-state index contributed by atoms with van der Waals surface area (Å²) in [6.45, 7) is 24.3. The fourth-order valence-corrected chi connectivity index (χ4v) is 10.1. The Kier molecular flexibility index (Phi) is 11.0. The predicted molar refractivity (Wildman–Crippen MR) is 185 cm³/mol.